The fourth-order valence-electron chi connectivity index (χ4n) is 3.44. The molecule has 0 saturated heterocycles. The normalized spacial score (nSPS) is 15.7. The van der Waals surface area contributed by atoms with Crippen LogP contribution >= 0.6 is 8.25 Å². The Morgan fingerprint density at radius 2 is 1.14 bits per heavy atom. The largest absolute Gasteiger partial charge is 0.418 e. The minimum Gasteiger partial charge on any atom is -0.418 e. The molecule has 2 aliphatic carbocycles. The van der Waals surface area contributed by atoms with Crippen molar-refractivity contribution in [2.45, 2.75) is 38.5 Å². The van der Waals surface area contributed by atoms with Gasteiger partial charge in [0.1, 0.15) is 11.5 Å². The summed E-state index contributed by atoms with van der Waals surface area (Å²) in [6.07, 6.45) is 6.82. The van der Waals surface area contributed by atoms with Gasteiger partial charge >= 0.3 is 8.25 Å². The summed E-state index contributed by atoms with van der Waals surface area (Å²) in [5.74, 6) is 1.29. The smallest absolute Gasteiger partial charge is 0.418 e. The Kier molecular flexibility index (Phi) is 3.67. The van der Waals surface area contributed by atoms with Crippen LogP contribution in [-0.2, 0) is 30.2 Å². The highest BCUT2D eigenvalue weighted by molar-refractivity contribution is 7.34. The van der Waals surface area contributed by atoms with Gasteiger partial charge in [0.05, 0.1) is 0 Å². The second-order valence-electron chi connectivity index (χ2n) is 6.02. The van der Waals surface area contributed by atoms with E-state index in [0.717, 1.165) is 25.7 Å². The van der Waals surface area contributed by atoms with Crippen LogP contribution in [0.15, 0.2) is 36.4 Å². The Morgan fingerprint density at radius 1 is 0.682 bits per heavy atom. The van der Waals surface area contributed by atoms with E-state index < -0.39 is 8.25 Å². The average Bonchev–Trinajstić information content (AvgIpc) is 3.14. The summed E-state index contributed by atoms with van der Waals surface area (Å²) in [4.78, 5) is 0. The number of hydrogen-bond acceptors (Lipinski definition) is 3. The molecule has 0 atom stereocenters. The fraction of sp³-hybridized carbons (Fsp3) is 0.333. The van der Waals surface area contributed by atoms with E-state index in [4.69, 9.17) is 9.05 Å². The summed E-state index contributed by atoms with van der Waals surface area (Å²) in [5.41, 5.74) is 5.38. The Balaban J connectivity index is 1.44. The second kappa shape index (κ2) is 5.81. The van der Waals surface area contributed by atoms with Crippen LogP contribution < -0.4 is 9.05 Å². The molecule has 0 heterocycles. The molecular formula is C18H19O3P. The number of benzene rings is 2. The maximum Gasteiger partial charge on any atom is 0.418 e. The predicted molar refractivity (Wildman–Crippen MR) is 87.2 cm³/mol. The Labute approximate surface area is 131 Å². The topological polar surface area (TPSA) is 35.5 Å². The Hall–Kier alpha value is -1.73. The van der Waals surface area contributed by atoms with Crippen molar-refractivity contribution in [2.24, 2.45) is 0 Å². The van der Waals surface area contributed by atoms with Gasteiger partial charge in [-0.15, -0.1) is 0 Å². The molecule has 0 saturated carbocycles. The molecule has 2 aromatic carbocycles. The van der Waals surface area contributed by atoms with Crippen molar-refractivity contribution in [3.63, 3.8) is 0 Å². The van der Waals surface area contributed by atoms with Crippen molar-refractivity contribution in [3.8, 4) is 11.5 Å². The van der Waals surface area contributed by atoms with Crippen molar-refractivity contribution in [3.05, 3.63) is 58.7 Å². The molecule has 4 rings (SSSR count). The summed E-state index contributed by atoms with van der Waals surface area (Å²) in [7, 11) is -2.58. The van der Waals surface area contributed by atoms with E-state index >= 15 is 0 Å². The highest BCUT2D eigenvalue weighted by atomic mass is 31.1. The lowest BCUT2D eigenvalue weighted by Gasteiger charge is -2.10. The molecule has 0 aromatic heterocycles. The molecule has 114 valence electrons. The monoisotopic (exact) mass is 314 g/mol. The fourth-order valence-corrected chi connectivity index (χ4v) is 4.12. The van der Waals surface area contributed by atoms with Crippen molar-refractivity contribution in [2.75, 3.05) is 0 Å². The highest BCUT2D eigenvalue weighted by Gasteiger charge is 2.14. The van der Waals surface area contributed by atoms with Gasteiger partial charge in [0, 0.05) is 0 Å². The van der Waals surface area contributed by atoms with Gasteiger partial charge in [-0.1, -0.05) is 12.1 Å². The number of hydrogen-bond donors (Lipinski definition) is 0. The summed E-state index contributed by atoms with van der Waals surface area (Å²) in [5, 5.41) is 0. The molecular weight excluding hydrogens is 295 g/mol. The zero-order valence-corrected chi connectivity index (χ0v) is 13.4. The van der Waals surface area contributed by atoms with Crippen molar-refractivity contribution >= 4 is 8.25 Å². The van der Waals surface area contributed by atoms with E-state index in [-0.39, 0.29) is 0 Å². The third-order valence-electron chi connectivity index (χ3n) is 4.54. The molecule has 0 amide bonds. The van der Waals surface area contributed by atoms with E-state index in [2.05, 4.69) is 12.1 Å². The van der Waals surface area contributed by atoms with Gasteiger partial charge in [0.15, 0.2) is 0 Å². The van der Waals surface area contributed by atoms with Crippen LogP contribution in [-0.4, -0.2) is 0 Å². The Bertz CT molecular complexity index is 678. The summed E-state index contributed by atoms with van der Waals surface area (Å²) >= 11 is 0. The summed E-state index contributed by atoms with van der Waals surface area (Å²) in [6.45, 7) is 0. The van der Waals surface area contributed by atoms with Gasteiger partial charge in [0.25, 0.3) is 0 Å². The van der Waals surface area contributed by atoms with Gasteiger partial charge in [-0.3, -0.25) is 0 Å². The predicted octanol–water partition coefficient (Wildman–Crippen LogP) is 4.51. The van der Waals surface area contributed by atoms with E-state index in [1.807, 2.05) is 24.3 Å². The zero-order valence-electron chi connectivity index (χ0n) is 12.4. The number of rotatable bonds is 4. The quantitative estimate of drug-likeness (QED) is 0.779. The van der Waals surface area contributed by atoms with Crippen molar-refractivity contribution in [1.82, 2.24) is 0 Å². The van der Waals surface area contributed by atoms with E-state index in [1.165, 1.54) is 35.1 Å². The van der Waals surface area contributed by atoms with Crippen LogP contribution in [0.4, 0.5) is 0 Å². The minimum atomic E-state index is -2.58. The Morgan fingerprint density at radius 3 is 1.64 bits per heavy atom. The van der Waals surface area contributed by atoms with E-state index in [1.54, 1.807) is 0 Å². The number of fused-ring (bicyclic) bond motifs is 2. The lowest BCUT2D eigenvalue weighted by Crippen LogP contribution is -1.92. The third kappa shape index (κ3) is 2.78. The molecule has 0 aliphatic heterocycles. The lowest BCUT2D eigenvalue weighted by atomic mass is 10.1. The van der Waals surface area contributed by atoms with Crippen LogP contribution in [0.5, 0.6) is 11.5 Å². The SMILES string of the molecule is O=[PH](Oc1ccc2c(c1)CCC2)Oc1ccc2c(c1)CCC2. The van der Waals surface area contributed by atoms with E-state index in [9.17, 15) is 4.57 Å². The third-order valence-corrected chi connectivity index (χ3v) is 5.35. The zero-order chi connectivity index (χ0) is 14.9. The van der Waals surface area contributed by atoms with Crippen LogP contribution in [0.2, 0.25) is 0 Å². The molecule has 2 aromatic rings. The first-order chi connectivity index (χ1) is 10.8. The first kappa shape index (κ1) is 13.9. The molecule has 4 heteroatoms. The highest BCUT2D eigenvalue weighted by Crippen LogP contribution is 2.35. The molecule has 22 heavy (non-hydrogen) atoms. The first-order valence-electron chi connectivity index (χ1n) is 7.91. The van der Waals surface area contributed by atoms with Crippen molar-refractivity contribution < 1.29 is 13.6 Å². The van der Waals surface area contributed by atoms with Gasteiger partial charge in [-0.2, -0.15) is 0 Å². The van der Waals surface area contributed by atoms with E-state index in [0.29, 0.717) is 11.5 Å². The average molecular weight is 314 g/mol. The minimum absolute atomic E-state index is 0.644. The van der Waals surface area contributed by atoms with Crippen LogP contribution in [0, 0.1) is 0 Å². The van der Waals surface area contributed by atoms with Gasteiger partial charge in [-0.25, -0.2) is 4.57 Å². The summed E-state index contributed by atoms with van der Waals surface area (Å²) in [6, 6.07) is 11.9. The molecule has 0 bridgehead atoms. The van der Waals surface area contributed by atoms with Gasteiger partial charge in [-0.05, 0) is 85.0 Å². The maximum atomic E-state index is 12.1. The standard InChI is InChI=1S/C18H19O3P/c19-22(20-17-9-7-13-3-1-5-15(13)11-17)21-18-10-8-14-4-2-6-16(14)12-18/h7-12,22H,1-6H2. The first-order valence-corrected chi connectivity index (χ1v) is 9.14. The van der Waals surface area contributed by atoms with Crippen LogP contribution in [0.25, 0.3) is 0 Å². The second-order valence-corrected chi connectivity index (χ2v) is 6.93. The molecule has 0 radical (unpaired) electrons. The summed E-state index contributed by atoms with van der Waals surface area (Å²) < 4.78 is 23.1. The van der Waals surface area contributed by atoms with Gasteiger partial charge in [0.2, 0.25) is 0 Å². The number of aryl methyl sites for hydroxylation is 4. The lowest BCUT2D eigenvalue weighted by molar-refractivity contribution is 0.415. The van der Waals surface area contributed by atoms with Crippen molar-refractivity contribution in [1.29, 1.82) is 0 Å². The molecule has 0 unspecified atom stereocenters. The van der Waals surface area contributed by atoms with Gasteiger partial charge < -0.3 is 9.05 Å². The van der Waals surface area contributed by atoms with Crippen LogP contribution in [0.1, 0.15) is 35.1 Å². The molecule has 2 aliphatic rings. The molecule has 0 spiro atoms. The molecule has 3 nitrogen and oxygen atoms in total. The molecule has 0 fully saturated rings. The molecule has 0 N–H and O–H groups in total. The van der Waals surface area contributed by atoms with Crippen LogP contribution in [0.3, 0.4) is 0 Å². The maximum absolute atomic E-state index is 12.1.